The number of aromatic nitrogens is 3. The van der Waals surface area contributed by atoms with Crippen molar-refractivity contribution >= 4 is 23.1 Å². The summed E-state index contributed by atoms with van der Waals surface area (Å²) >= 11 is 1.65. The van der Waals surface area contributed by atoms with E-state index in [-0.39, 0.29) is 11.8 Å². The van der Waals surface area contributed by atoms with Crippen molar-refractivity contribution < 1.29 is 4.79 Å². The number of piperidine rings is 1. The van der Waals surface area contributed by atoms with Crippen molar-refractivity contribution in [2.45, 2.75) is 19.4 Å². The van der Waals surface area contributed by atoms with Gasteiger partial charge in [-0.1, -0.05) is 12.1 Å². The first-order chi connectivity index (χ1) is 13.3. The Morgan fingerprint density at radius 3 is 2.89 bits per heavy atom. The van der Waals surface area contributed by atoms with Crippen molar-refractivity contribution in [3.8, 4) is 10.6 Å². The standard InChI is InChI=1S/C20H21N5OS/c26-20(22-13-16-6-1-2-10-21-16)15-5-3-11-25(14-15)19-9-8-17(23-24-19)18-7-4-12-27-18/h1-2,4,6-10,12,15H,3,5,11,13-14H2,(H,22,26)/t15-/m0/s1. The van der Waals surface area contributed by atoms with E-state index in [4.69, 9.17) is 0 Å². The molecule has 0 aromatic carbocycles. The Kier molecular flexibility index (Phi) is 5.39. The molecule has 1 saturated heterocycles. The molecular formula is C20H21N5OS. The average Bonchev–Trinajstić information content (AvgIpc) is 3.28. The Morgan fingerprint density at radius 2 is 2.15 bits per heavy atom. The molecule has 4 rings (SSSR count). The number of rotatable bonds is 5. The number of carbonyl (C=O) groups excluding carboxylic acids is 1. The lowest BCUT2D eigenvalue weighted by atomic mass is 9.97. The Bertz CT molecular complexity index is 867. The fraction of sp³-hybridized carbons (Fsp3) is 0.300. The summed E-state index contributed by atoms with van der Waals surface area (Å²) in [6, 6.07) is 13.8. The molecule has 0 bridgehead atoms. The number of amides is 1. The zero-order valence-corrected chi connectivity index (χ0v) is 15.7. The van der Waals surface area contributed by atoms with Gasteiger partial charge in [0.1, 0.15) is 5.69 Å². The minimum Gasteiger partial charge on any atom is -0.354 e. The van der Waals surface area contributed by atoms with Gasteiger partial charge in [0.05, 0.1) is 23.0 Å². The van der Waals surface area contributed by atoms with E-state index in [0.717, 1.165) is 41.5 Å². The number of nitrogens with one attached hydrogen (secondary N) is 1. The zero-order valence-electron chi connectivity index (χ0n) is 14.9. The van der Waals surface area contributed by atoms with Crippen LogP contribution in [-0.2, 0) is 11.3 Å². The van der Waals surface area contributed by atoms with E-state index in [9.17, 15) is 4.79 Å². The predicted molar refractivity (Wildman–Crippen MR) is 106 cm³/mol. The third-order valence-corrected chi connectivity index (χ3v) is 5.60. The van der Waals surface area contributed by atoms with Crippen molar-refractivity contribution in [1.82, 2.24) is 20.5 Å². The van der Waals surface area contributed by atoms with E-state index in [1.54, 1.807) is 17.5 Å². The maximum absolute atomic E-state index is 12.6. The summed E-state index contributed by atoms with van der Waals surface area (Å²) in [6.07, 6.45) is 3.60. The molecule has 0 saturated carbocycles. The highest BCUT2D eigenvalue weighted by molar-refractivity contribution is 7.13. The van der Waals surface area contributed by atoms with Crippen LogP contribution in [0.4, 0.5) is 5.82 Å². The first kappa shape index (κ1) is 17.6. The summed E-state index contributed by atoms with van der Waals surface area (Å²) in [5.41, 5.74) is 1.75. The number of thiophene rings is 1. The number of pyridine rings is 1. The Hall–Kier alpha value is -2.80. The summed E-state index contributed by atoms with van der Waals surface area (Å²) in [6.45, 7) is 2.03. The number of carbonyl (C=O) groups is 1. The van der Waals surface area contributed by atoms with E-state index in [2.05, 4.69) is 25.4 Å². The summed E-state index contributed by atoms with van der Waals surface area (Å²) in [5, 5.41) is 13.8. The maximum atomic E-state index is 12.6. The van der Waals surface area contributed by atoms with Crippen LogP contribution in [-0.4, -0.2) is 34.2 Å². The predicted octanol–water partition coefficient (Wildman–Crippen LogP) is 3.13. The molecule has 0 unspecified atom stereocenters. The quantitative estimate of drug-likeness (QED) is 0.737. The lowest BCUT2D eigenvalue weighted by molar-refractivity contribution is -0.125. The monoisotopic (exact) mass is 379 g/mol. The first-order valence-electron chi connectivity index (χ1n) is 9.10. The third kappa shape index (κ3) is 4.31. The van der Waals surface area contributed by atoms with E-state index in [0.29, 0.717) is 13.1 Å². The number of hydrogen-bond donors (Lipinski definition) is 1. The van der Waals surface area contributed by atoms with E-state index >= 15 is 0 Å². The van der Waals surface area contributed by atoms with E-state index < -0.39 is 0 Å². The molecular weight excluding hydrogens is 358 g/mol. The van der Waals surface area contributed by atoms with Gasteiger partial charge in [-0.05, 0) is 48.6 Å². The van der Waals surface area contributed by atoms with Gasteiger partial charge in [-0.15, -0.1) is 21.5 Å². The van der Waals surface area contributed by atoms with Crippen LogP contribution >= 0.6 is 11.3 Å². The molecule has 1 amide bonds. The van der Waals surface area contributed by atoms with Crippen LogP contribution in [0.3, 0.4) is 0 Å². The molecule has 0 spiro atoms. The smallest absolute Gasteiger partial charge is 0.225 e. The topological polar surface area (TPSA) is 71.0 Å². The molecule has 0 radical (unpaired) electrons. The van der Waals surface area contributed by atoms with Gasteiger partial charge in [0, 0.05) is 19.3 Å². The minimum absolute atomic E-state index is 0.0405. The molecule has 1 fully saturated rings. The average molecular weight is 379 g/mol. The molecule has 1 aliphatic heterocycles. The lowest BCUT2D eigenvalue weighted by Crippen LogP contribution is -2.43. The molecule has 3 aromatic rings. The normalized spacial score (nSPS) is 16.9. The lowest BCUT2D eigenvalue weighted by Gasteiger charge is -2.32. The van der Waals surface area contributed by atoms with Crippen molar-refractivity contribution in [3.05, 3.63) is 59.7 Å². The highest BCUT2D eigenvalue weighted by atomic mass is 32.1. The van der Waals surface area contributed by atoms with Crippen molar-refractivity contribution in [2.24, 2.45) is 5.92 Å². The summed E-state index contributed by atoms with van der Waals surface area (Å²) in [7, 11) is 0. The Labute approximate surface area is 162 Å². The first-order valence-corrected chi connectivity index (χ1v) is 9.98. The van der Waals surface area contributed by atoms with Crippen LogP contribution in [0.5, 0.6) is 0 Å². The Balaban J connectivity index is 1.36. The van der Waals surface area contributed by atoms with Gasteiger partial charge < -0.3 is 10.2 Å². The second-order valence-corrected chi connectivity index (χ2v) is 7.53. The fourth-order valence-corrected chi connectivity index (χ4v) is 3.96. The van der Waals surface area contributed by atoms with Crippen molar-refractivity contribution in [2.75, 3.05) is 18.0 Å². The minimum atomic E-state index is -0.0405. The van der Waals surface area contributed by atoms with Gasteiger partial charge in [-0.2, -0.15) is 0 Å². The second kappa shape index (κ2) is 8.26. The van der Waals surface area contributed by atoms with Gasteiger partial charge in [0.2, 0.25) is 5.91 Å². The van der Waals surface area contributed by atoms with Crippen molar-refractivity contribution in [3.63, 3.8) is 0 Å². The van der Waals surface area contributed by atoms with Crippen LogP contribution < -0.4 is 10.2 Å². The summed E-state index contributed by atoms with van der Waals surface area (Å²) in [5.74, 6) is 0.868. The maximum Gasteiger partial charge on any atom is 0.225 e. The highest BCUT2D eigenvalue weighted by Crippen LogP contribution is 2.25. The molecule has 1 N–H and O–H groups in total. The van der Waals surface area contributed by atoms with Crippen LogP contribution in [0.1, 0.15) is 18.5 Å². The van der Waals surface area contributed by atoms with Crippen LogP contribution in [0.15, 0.2) is 54.0 Å². The summed E-state index contributed by atoms with van der Waals surface area (Å²) in [4.78, 5) is 20.1. The molecule has 7 heteroatoms. The molecule has 138 valence electrons. The molecule has 4 heterocycles. The van der Waals surface area contributed by atoms with E-state index in [1.165, 1.54) is 0 Å². The molecule has 6 nitrogen and oxygen atoms in total. The zero-order chi connectivity index (χ0) is 18.5. The molecule has 27 heavy (non-hydrogen) atoms. The number of anilines is 1. The number of nitrogens with zero attached hydrogens (tertiary/aromatic N) is 4. The fourth-order valence-electron chi connectivity index (χ4n) is 3.27. The third-order valence-electron chi connectivity index (χ3n) is 4.71. The largest absolute Gasteiger partial charge is 0.354 e. The van der Waals surface area contributed by atoms with E-state index in [1.807, 2.05) is 47.8 Å². The van der Waals surface area contributed by atoms with Crippen LogP contribution in [0, 0.1) is 5.92 Å². The van der Waals surface area contributed by atoms with Gasteiger partial charge in [0.25, 0.3) is 0 Å². The second-order valence-electron chi connectivity index (χ2n) is 6.58. The van der Waals surface area contributed by atoms with Gasteiger partial charge in [-0.3, -0.25) is 9.78 Å². The SMILES string of the molecule is O=C(NCc1ccccn1)[C@H]1CCCN(c2ccc(-c3cccs3)nn2)C1. The Morgan fingerprint density at radius 1 is 1.19 bits per heavy atom. The highest BCUT2D eigenvalue weighted by Gasteiger charge is 2.26. The molecule has 3 aromatic heterocycles. The molecule has 1 atom stereocenters. The van der Waals surface area contributed by atoms with Gasteiger partial charge >= 0.3 is 0 Å². The molecule has 0 aliphatic carbocycles. The van der Waals surface area contributed by atoms with Gasteiger partial charge in [0.15, 0.2) is 5.82 Å². The number of hydrogen-bond acceptors (Lipinski definition) is 6. The van der Waals surface area contributed by atoms with Gasteiger partial charge in [-0.25, -0.2) is 0 Å². The van der Waals surface area contributed by atoms with Crippen LogP contribution in [0.2, 0.25) is 0 Å². The van der Waals surface area contributed by atoms with Crippen molar-refractivity contribution in [1.29, 1.82) is 0 Å². The summed E-state index contributed by atoms with van der Waals surface area (Å²) < 4.78 is 0. The molecule has 1 aliphatic rings. The van der Waals surface area contributed by atoms with Crippen LogP contribution in [0.25, 0.3) is 10.6 Å².